The number of carbonyl (C=O) groups is 2. The number of ether oxygens (including phenoxy) is 2. The van der Waals surface area contributed by atoms with E-state index < -0.39 is 28.0 Å². The maximum absolute atomic E-state index is 12.3. The first-order valence-corrected chi connectivity index (χ1v) is 9.68. The second-order valence-corrected chi connectivity index (χ2v) is 7.57. The number of aryl methyl sites for hydroxylation is 2. The molecule has 146 valence electrons. The van der Waals surface area contributed by atoms with Crippen molar-refractivity contribution in [2.75, 3.05) is 26.8 Å². The molecular formula is C17H26N2O6S. The molecule has 1 aromatic carbocycles. The van der Waals surface area contributed by atoms with Crippen molar-refractivity contribution >= 4 is 21.9 Å². The minimum atomic E-state index is -3.71. The lowest BCUT2D eigenvalue weighted by Crippen LogP contribution is -2.38. The molecule has 8 nitrogen and oxygen atoms in total. The summed E-state index contributed by atoms with van der Waals surface area (Å²) in [5.41, 5.74) is 1.59. The van der Waals surface area contributed by atoms with Crippen LogP contribution in [-0.4, -0.2) is 53.2 Å². The summed E-state index contributed by atoms with van der Waals surface area (Å²) in [5.74, 6) is -1.10. The third-order valence-corrected chi connectivity index (χ3v) is 5.15. The van der Waals surface area contributed by atoms with Crippen LogP contribution in [0.5, 0.6) is 0 Å². The maximum Gasteiger partial charge on any atom is 0.307 e. The van der Waals surface area contributed by atoms with Gasteiger partial charge in [0.15, 0.2) is 6.10 Å². The van der Waals surface area contributed by atoms with Gasteiger partial charge in [0.05, 0.1) is 17.9 Å². The molecule has 0 radical (unpaired) electrons. The molecule has 0 saturated carbocycles. The molecular weight excluding hydrogens is 360 g/mol. The van der Waals surface area contributed by atoms with E-state index in [1.807, 2.05) is 6.92 Å². The van der Waals surface area contributed by atoms with E-state index in [4.69, 9.17) is 9.47 Å². The highest BCUT2D eigenvalue weighted by molar-refractivity contribution is 7.89. The summed E-state index contributed by atoms with van der Waals surface area (Å²) in [4.78, 5) is 23.6. The Labute approximate surface area is 154 Å². The predicted molar refractivity (Wildman–Crippen MR) is 96.2 cm³/mol. The van der Waals surface area contributed by atoms with E-state index >= 15 is 0 Å². The van der Waals surface area contributed by atoms with Crippen LogP contribution in [0.4, 0.5) is 0 Å². The molecule has 0 aliphatic rings. The highest BCUT2D eigenvalue weighted by Crippen LogP contribution is 2.16. The van der Waals surface area contributed by atoms with E-state index in [-0.39, 0.29) is 17.9 Å². The Hall–Kier alpha value is -1.97. The summed E-state index contributed by atoms with van der Waals surface area (Å²) in [6, 6.07) is 5.00. The number of methoxy groups -OCH3 is 1. The van der Waals surface area contributed by atoms with E-state index in [1.165, 1.54) is 20.1 Å². The van der Waals surface area contributed by atoms with Gasteiger partial charge in [0.25, 0.3) is 5.91 Å². The molecule has 0 spiro atoms. The number of nitrogens with one attached hydrogen (secondary N) is 2. The Morgan fingerprint density at radius 1 is 1.19 bits per heavy atom. The van der Waals surface area contributed by atoms with Gasteiger partial charge in [0.2, 0.25) is 10.0 Å². The lowest BCUT2D eigenvalue weighted by Gasteiger charge is -2.14. The van der Waals surface area contributed by atoms with Gasteiger partial charge in [-0.05, 0) is 32.4 Å². The van der Waals surface area contributed by atoms with Gasteiger partial charge in [-0.2, -0.15) is 0 Å². The first-order chi connectivity index (χ1) is 12.2. The van der Waals surface area contributed by atoms with Gasteiger partial charge in [-0.15, -0.1) is 0 Å². The molecule has 0 aliphatic carbocycles. The average Bonchev–Trinajstić information content (AvgIpc) is 2.54. The van der Waals surface area contributed by atoms with Gasteiger partial charge in [0, 0.05) is 20.2 Å². The zero-order valence-corrected chi connectivity index (χ0v) is 16.3. The van der Waals surface area contributed by atoms with Crippen molar-refractivity contribution < 1.29 is 27.5 Å². The number of rotatable bonds is 10. The molecule has 1 atom stereocenters. The Bertz CT molecular complexity index is 733. The SMILES string of the molecule is COCCNC(=O)[C@@H](C)OC(=O)CCNS(=O)(=O)c1ccc(C)cc1C. The number of hydrogen-bond donors (Lipinski definition) is 2. The molecule has 1 amide bonds. The fraction of sp³-hybridized carbons (Fsp3) is 0.529. The number of amides is 1. The standard InChI is InChI=1S/C17H26N2O6S/c1-12-5-6-15(13(2)11-12)26(22,23)19-8-7-16(20)25-14(3)17(21)18-9-10-24-4/h5-6,11,14,19H,7-10H2,1-4H3,(H,18,21)/t14-/m1/s1. The number of benzene rings is 1. The second kappa shape index (κ2) is 10.2. The van der Waals surface area contributed by atoms with Crippen LogP contribution in [0.15, 0.2) is 23.1 Å². The molecule has 0 bridgehead atoms. The minimum Gasteiger partial charge on any atom is -0.453 e. The molecule has 0 aromatic heterocycles. The number of esters is 1. The van der Waals surface area contributed by atoms with Crippen molar-refractivity contribution in [2.45, 2.75) is 38.2 Å². The second-order valence-electron chi connectivity index (χ2n) is 5.83. The molecule has 26 heavy (non-hydrogen) atoms. The minimum absolute atomic E-state index is 0.119. The summed E-state index contributed by atoms with van der Waals surface area (Å²) < 4.78 is 36.7. The summed E-state index contributed by atoms with van der Waals surface area (Å²) >= 11 is 0. The molecule has 2 N–H and O–H groups in total. The van der Waals surface area contributed by atoms with E-state index in [0.29, 0.717) is 18.7 Å². The maximum atomic E-state index is 12.3. The number of sulfonamides is 1. The zero-order valence-electron chi connectivity index (χ0n) is 15.5. The quantitative estimate of drug-likeness (QED) is 0.452. The van der Waals surface area contributed by atoms with Crippen molar-refractivity contribution in [1.29, 1.82) is 0 Å². The zero-order chi connectivity index (χ0) is 19.7. The van der Waals surface area contributed by atoms with Gasteiger partial charge in [0.1, 0.15) is 0 Å². The fourth-order valence-corrected chi connectivity index (χ4v) is 3.45. The largest absolute Gasteiger partial charge is 0.453 e. The van der Waals surface area contributed by atoms with Crippen molar-refractivity contribution in [3.8, 4) is 0 Å². The number of carbonyl (C=O) groups excluding carboxylic acids is 2. The van der Waals surface area contributed by atoms with Crippen molar-refractivity contribution in [2.24, 2.45) is 0 Å². The van der Waals surface area contributed by atoms with Crippen LogP contribution in [0.2, 0.25) is 0 Å². The van der Waals surface area contributed by atoms with Crippen molar-refractivity contribution in [3.05, 3.63) is 29.3 Å². The molecule has 0 saturated heterocycles. The monoisotopic (exact) mass is 386 g/mol. The van der Waals surface area contributed by atoms with Gasteiger partial charge in [-0.25, -0.2) is 13.1 Å². The Morgan fingerprint density at radius 3 is 2.50 bits per heavy atom. The number of hydrogen-bond acceptors (Lipinski definition) is 6. The highest BCUT2D eigenvalue weighted by atomic mass is 32.2. The lowest BCUT2D eigenvalue weighted by molar-refractivity contribution is -0.154. The van der Waals surface area contributed by atoms with Crippen LogP contribution < -0.4 is 10.0 Å². The lowest BCUT2D eigenvalue weighted by atomic mass is 10.2. The van der Waals surface area contributed by atoms with Crippen LogP contribution in [0.3, 0.4) is 0 Å². The van der Waals surface area contributed by atoms with Crippen LogP contribution in [0.25, 0.3) is 0 Å². The Kier molecular flexibility index (Phi) is 8.70. The summed E-state index contributed by atoms with van der Waals surface area (Å²) in [6.45, 7) is 5.57. The fourth-order valence-electron chi connectivity index (χ4n) is 2.20. The molecule has 9 heteroatoms. The Balaban J connectivity index is 2.46. The molecule has 0 unspecified atom stereocenters. The summed E-state index contributed by atoms with van der Waals surface area (Å²) in [5, 5.41) is 2.55. The smallest absolute Gasteiger partial charge is 0.307 e. The summed E-state index contributed by atoms with van der Waals surface area (Å²) in [7, 11) is -2.21. The van der Waals surface area contributed by atoms with Crippen molar-refractivity contribution in [1.82, 2.24) is 10.0 Å². The first kappa shape index (κ1) is 22.1. The molecule has 0 aliphatic heterocycles. The molecule has 0 heterocycles. The van der Waals surface area contributed by atoms with E-state index in [2.05, 4.69) is 10.0 Å². The van der Waals surface area contributed by atoms with Gasteiger partial charge in [-0.1, -0.05) is 17.7 Å². The molecule has 0 fully saturated rings. The highest BCUT2D eigenvalue weighted by Gasteiger charge is 2.19. The van der Waals surface area contributed by atoms with E-state index in [0.717, 1.165) is 5.56 Å². The molecule has 1 rings (SSSR count). The third-order valence-electron chi connectivity index (χ3n) is 3.52. The third kappa shape index (κ3) is 7.11. The molecule has 1 aromatic rings. The van der Waals surface area contributed by atoms with Gasteiger partial charge in [-0.3, -0.25) is 9.59 Å². The van der Waals surface area contributed by atoms with Crippen LogP contribution in [0, 0.1) is 13.8 Å². The summed E-state index contributed by atoms with van der Waals surface area (Å²) in [6.07, 6.45) is -1.14. The predicted octanol–water partition coefficient (Wildman–Crippen LogP) is 0.666. The normalized spacial score (nSPS) is 12.5. The van der Waals surface area contributed by atoms with Gasteiger partial charge >= 0.3 is 5.97 Å². The van der Waals surface area contributed by atoms with E-state index in [9.17, 15) is 18.0 Å². The van der Waals surface area contributed by atoms with Gasteiger partial charge < -0.3 is 14.8 Å². The van der Waals surface area contributed by atoms with Crippen LogP contribution in [-0.2, 0) is 29.1 Å². The Morgan fingerprint density at radius 2 is 1.88 bits per heavy atom. The topological polar surface area (TPSA) is 111 Å². The van der Waals surface area contributed by atoms with Crippen LogP contribution in [0.1, 0.15) is 24.5 Å². The average molecular weight is 386 g/mol. The van der Waals surface area contributed by atoms with E-state index in [1.54, 1.807) is 19.1 Å². The first-order valence-electron chi connectivity index (χ1n) is 8.20. The van der Waals surface area contributed by atoms with Crippen LogP contribution >= 0.6 is 0 Å². The van der Waals surface area contributed by atoms with Crippen molar-refractivity contribution in [3.63, 3.8) is 0 Å².